The van der Waals surface area contributed by atoms with E-state index in [9.17, 15) is 4.39 Å². The van der Waals surface area contributed by atoms with Crippen molar-refractivity contribution in [2.45, 2.75) is 20.8 Å². The second-order valence-electron chi connectivity index (χ2n) is 5.07. The molecule has 1 aromatic carbocycles. The molecule has 16 heavy (non-hydrogen) atoms. The molecule has 2 rings (SSSR count). The summed E-state index contributed by atoms with van der Waals surface area (Å²) in [7, 11) is -0.427. The summed E-state index contributed by atoms with van der Waals surface area (Å²) in [6, 6.07) is 4.98. The average Bonchev–Trinajstić information content (AvgIpc) is 2.23. The molecular formula is C12H16BFO2. The molecular weight excluding hydrogens is 206 g/mol. The molecule has 1 saturated heterocycles. The Labute approximate surface area is 95.9 Å². The van der Waals surface area contributed by atoms with Crippen LogP contribution in [0.3, 0.4) is 0 Å². The van der Waals surface area contributed by atoms with E-state index in [-0.39, 0.29) is 11.2 Å². The molecule has 1 aromatic rings. The largest absolute Gasteiger partial charge is 0.494 e. The lowest BCUT2D eigenvalue weighted by Gasteiger charge is -2.33. The van der Waals surface area contributed by atoms with Crippen molar-refractivity contribution in [1.82, 2.24) is 0 Å². The summed E-state index contributed by atoms with van der Waals surface area (Å²) in [5.74, 6) is -0.213. The van der Waals surface area contributed by atoms with Gasteiger partial charge in [0.1, 0.15) is 5.82 Å². The standard InChI is InChI=1S/C12H16BFO2/c1-9-10(5-4-6-11(9)14)13-15-7-12(2,3)8-16-13/h4-6H,7-8H2,1-3H3. The van der Waals surface area contributed by atoms with Gasteiger partial charge in [-0.05, 0) is 24.0 Å². The molecule has 1 fully saturated rings. The Hall–Kier alpha value is -0.865. The highest BCUT2D eigenvalue weighted by molar-refractivity contribution is 6.62. The van der Waals surface area contributed by atoms with Crippen molar-refractivity contribution in [2.75, 3.05) is 13.2 Å². The monoisotopic (exact) mass is 222 g/mol. The molecule has 0 unspecified atom stereocenters. The van der Waals surface area contributed by atoms with Crippen LogP contribution in [0.25, 0.3) is 0 Å². The Balaban J connectivity index is 2.17. The normalized spacial score (nSPS) is 19.9. The second-order valence-corrected chi connectivity index (χ2v) is 5.07. The first kappa shape index (κ1) is 11.6. The first-order valence-electron chi connectivity index (χ1n) is 5.48. The van der Waals surface area contributed by atoms with Gasteiger partial charge in [-0.15, -0.1) is 0 Å². The van der Waals surface area contributed by atoms with Gasteiger partial charge in [-0.2, -0.15) is 0 Å². The lowest BCUT2D eigenvalue weighted by atomic mass is 9.73. The quantitative estimate of drug-likeness (QED) is 0.675. The zero-order valence-electron chi connectivity index (χ0n) is 9.92. The third-order valence-electron chi connectivity index (χ3n) is 2.81. The van der Waals surface area contributed by atoms with Gasteiger partial charge in [0.05, 0.1) is 0 Å². The predicted molar refractivity (Wildman–Crippen MR) is 62.2 cm³/mol. The lowest BCUT2D eigenvalue weighted by molar-refractivity contribution is 0.0342. The van der Waals surface area contributed by atoms with E-state index < -0.39 is 7.12 Å². The first-order valence-corrected chi connectivity index (χ1v) is 5.48. The molecule has 1 heterocycles. The number of rotatable bonds is 1. The van der Waals surface area contributed by atoms with Gasteiger partial charge in [-0.1, -0.05) is 26.0 Å². The summed E-state index contributed by atoms with van der Waals surface area (Å²) in [6.45, 7) is 7.18. The molecule has 0 atom stereocenters. The van der Waals surface area contributed by atoms with Crippen LogP contribution in [0.4, 0.5) is 4.39 Å². The molecule has 2 nitrogen and oxygen atoms in total. The van der Waals surface area contributed by atoms with Gasteiger partial charge in [0.15, 0.2) is 0 Å². The van der Waals surface area contributed by atoms with Crippen LogP contribution in [0.15, 0.2) is 18.2 Å². The summed E-state index contributed by atoms with van der Waals surface area (Å²) in [5, 5.41) is 0. The zero-order chi connectivity index (χ0) is 11.8. The average molecular weight is 222 g/mol. The van der Waals surface area contributed by atoms with Crippen molar-refractivity contribution in [3.05, 3.63) is 29.6 Å². The fourth-order valence-corrected chi connectivity index (χ4v) is 1.75. The van der Waals surface area contributed by atoms with E-state index in [2.05, 4.69) is 13.8 Å². The summed E-state index contributed by atoms with van der Waals surface area (Å²) in [5.41, 5.74) is 1.43. The topological polar surface area (TPSA) is 18.5 Å². The molecule has 1 aliphatic rings. The molecule has 86 valence electrons. The third-order valence-corrected chi connectivity index (χ3v) is 2.81. The summed E-state index contributed by atoms with van der Waals surface area (Å²) >= 11 is 0. The van der Waals surface area contributed by atoms with E-state index in [1.807, 2.05) is 6.07 Å². The maximum absolute atomic E-state index is 13.4. The molecule has 0 aromatic heterocycles. The van der Waals surface area contributed by atoms with E-state index in [4.69, 9.17) is 9.31 Å². The highest BCUT2D eigenvalue weighted by atomic mass is 19.1. The smallest absolute Gasteiger partial charge is 0.407 e. The predicted octanol–water partition coefficient (Wildman–Crippen LogP) is 1.90. The maximum Gasteiger partial charge on any atom is 0.494 e. The minimum absolute atomic E-state index is 0.0394. The fraction of sp³-hybridized carbons (Fsp3) is 0.500. The molecule has 4 heteroatoms. The number of benzene rings is 1. The van der Waals surface area contributed by atoms with Gasteiger partial charge in [-0.25, -0.2) is 4.39 Å². The van der Waals surface area contributed by atoms with Crippen LogP contribution in [0.2, 0.25) is 0 Å². The second kappa shape index (κ2) is 4.19. The Kier molecular flexibility index (Phi) is 3.04. The number of halogens is 1. The summed E-state index contributed by atoms with van der Waals surface area (Å²) in [4.78, 5) is 0. The maximum atomic E-state index is 13.4. The highest BCUT2D eigenvalue weighted by Crippen LogP contribution is 2.21. The summed E-state index contributed by atoms with van der Waals surface area (Å²) in [6.07, 6.45) is 0. The molecule has 0 N–H and O–H groups in total. The minimum Gasteiger partial charge on any atom is -0.407 e. The van der Waals surface area contributed by atoms with E-state index >= 15 is 0 Å². The summed E-state index contributed by atoms with van der Waals surface area (Å²) < 4.78 is 24.6. The Morgan fingerprint density at radius 2 is 1.88 bits per heavy atom. The van der Waals surface area contributed by atoms with Crippen molar-refractivity contribution < 1.29 is 13.7 Å². The Morgan fingerprint density at radius 3 is 2.50 bits per heavy atom. The van der Waals surface area contributed by atoms with E-state index in [1.165, 1.54) is 6.07 Å². The van der Waals surface area contributed by atoms with Gasteiger partial charge >= 0.3 is 7.12 Å². The van der Waals surface area contributed by atoms with Crippen LogP contribution in [-0.4, -0.2) is 20.3 Å². The van der Waals surface area contributed by atoms with E-state index in [0.29, 0.717) is 18.8 Å². The van der Waals surface area contributed by atoms with Crippen molar-refractivity contribution in [3.63, 3.8) is 0 Å². The van der Waals surface area contributed by atoms with Crippen LogP contribution in [0, 0.1) is 18.2 Å². The van der Waals surface area contributed by atoms with Crippen LogP contribution < -0.4 is 5.46 Å². The van der Waals surface area contributed by atoms with E-state index in [1.54, 1.807) is 13.0 Å². The van der Waals surface area contributed by atoms with Crippen LogP contribution in [0.1, 0.15) is 19.4 Å². The SMILES string of the molecule is Cc1c(F)cccc1B1OCC(C)(C)CO1. The number of hydrogen-bond acceptors (Lipinski definition) is 2. The minimum atomic E-state index is -0.427. The zero-order valence-corrected chi connectivity index (χ0v) is 9.92. The van der Waals surface area contributed by atoms with Crippen LogP contribution in [0.5, 0.6) is 0 Å². The van der Waals surface area contributed by atoms with Crippen molar-refractivity contribution in [1.29, 1.82) is 0 Å². The first-order chi connectivity index (χ1) is 7.49. The molecule has 0 saturated carbocycles. The van der Waals surface area contributed by atoms with Crippen molar-refractivity contribution in [3.8, 4) is 0 Å². The van der Waals surface area contributed by atoms with Gasteiger partial charge in [-0.3, -0.25) is 0 Å². The van der Waals surface area contributed by atoms with Gasteiger partial charge in [0, 0.05) is 18.6 Å². The van der Waals surface area contributed by atoms with Crippen LogP contribution >= 0.6 is 0 Å². The number of hydrogen-bond donors (Lipinski definition) is 0. The lowest BCUT2D eigenvalue weighted by Crippen LogP contribution is -2.48. The van der Waals surface area contributed by atoms with Gasteiger partial charge < -0.3 is 9.31 Å². The van der Waals surface area contributed by atoms with E-state index in [0.717, 1.165) is 5.46 Å². The highest BCUT2D eigenvalue weighted by Gasteiger charge is 2.34. The molecule has 1 aliphatic heterocycles. The van der Waals surface area contributed by atoms with Gasteiger partial charge in [0.25, 0.3) is 0 Å². The third kappa shape index (κ3) is 2.28. The van der Waals surface area contributed by atoms with Crippen molar-refractivity contribution in [2.24, 2.45) is 5.41 Å². The van der Waals surface area contributed by atoms with Crippen LogP contribution in [-0.2, 0) is 9.31 Å². The fourth-order valence-electron chi connectivity index (χ4n) is 1.75. The molecule has 0 radical (unpaired) electrons. The Bertz CT molecular complexity index is 383. The molecule has 0 aliphatic carbocycles. The van der Waals surface area contributed by atoms with Crippen molar-refractivity contribution >= 4 is 12.6 Å². The Morgan fingerprint density at radius 1 is 1.25 bits per heavy atom. The van der Waals surface area contributed by atoms with Gasteiger partial charge in [0.2, 0.25) is 0 Å². The molecule has 0 amide bonds. The molecule has 0 spiro atoms. The molecule has 0 bridgehead atoms.